The van der Waals surface area contributed by atoms with Gasteiger partial charge in [0.15, 0.2) is 5.42 Å². The molecule has 0 bridgehead atoms. The molecular formula is C9H12ClNO2. The third-order valence-electron chi connectivity index (χ3n) is 1.80. The van der Waals surface area contributed by atoms with E-state index in [1.165, 1.54) is 4.57 Å². The van der Waals surface area contributed by atoms with Crippen molar-refractivity contribution in [2.75, 3.05) is 5.88 Å². The number of nitrogens with zero attached hydrogens (tertiary/aromatic N) is 1. The van der Waals surface area contributed by atoms with E-state index >= 15 is 0 Å². The Kier molecular flexibility index (Phi) is 3.37. The van der Waals surface area contributed by atoms with Gasteiger partial charge >= 0.3 is 5.76 Å². The second-order valence-corrected chi connectivity index (χ2v) is 2.91. The highest BCUT2D eigenvalue weighted by molar-refractivity contribution is 6.17. The summed E-state index contributed by atoms with van der Waals surface area (Å²) < 4.78 is 6.53. The van der Waals surface area contributed by atoms with Crippen LogP contribution in [0.3, 0.4) is 0 Å². The number of oxazole rings is 1. The first-order valence-electron chi connectivity index (χ1n) is 4.13. The summed E-state index contributed by atoms with van der Waals surface area (Å²) in [6.45, 7) is 4.18. The number of alkyl halides is 1. The second-order valence-electron chi connectivity index (χ2n) is 2.54. The molecule has 4 heteroatoms. The van der Waals surface area contributed by atoms with Gasteiger partial charge in [-0.1, -0.05) is 6.08 Å². The topological polar surface area (TPSA) is 35.1 Å². The van der Waals surface area contributed by atoms with Gasteiger partial charge < -0.3 is 4.42 Å². The summed E-state index contributed by atoms with van der Waals surface area (Å²) in [6, 6.07) is 0. The molecular weight excluding hydrogens is 190 g/mol. The minimum Gasteiger partial charge on any atom is -0.408 e. The molecule has 72 valence electrons. The molecule has 13 heavy (non-hydrogen) atoms. The highest BCUT2D eigenvalue weighted by Gasteiger charge is 2.02. The summed E-state index contributed by atoms with van der Waals surface area (Å²) in [7, 11) is 0. The van der Waals surface area contributed by atoms with Gasteiger partial charge in [-0.3, -0.25) is 4.57 Å². The molecule has 0 aromatic carbocycles. The minimum atomic E-state index is -0.346. The molecule has 0 fully saturated rings. The Balaban J connectivity index is 3.52. The summed E-state index contributed by atoms with van der Waals surface area (Å²) in [6.07, 6.45) is 3.61. The third kappa shape index (κ3) is 1.86. The third-order valence-corrected chi connectivity index (χ3v) is 1.97. The van der Waals surface area contributed by atoms with Gasteiger partial charge in [-0.15, -0.1) is 11.6 Å². The summed E-state index contributed by atoms with van der Waals surface area (Å²) >= 11 is 5.56. The van der Waals surface area contributed by atoms with E-state index in [9.17, 15) is 4.79 Å². The number of hydrogen-bond donors (Lipinski definition) is 0. The number of aromatic nitrogens is 1. The van der Waals surface area contributed by atoms with Crippen molar-refractivity contribution in [3.63, 3.8) is 0 Å². The molecule has 0 saturated heterocycles. The van der Waals surface area contributed by atoms with Gasteiger partial charge in [-0.2, -0.15) is 0 Å². The predicted molar refractivity (Wildman–Crippen MR) is 53.2 cm³/mol. The Bertz CT molecular complexity index is 441. The zero-order valence-electron chi connectivity index (χ0n) is 7.71. The smallest absolute Gasteiger partial charge is 0.408 e. The second kappa shape index (κ2) is 4.33. The van der Waals surface area contributed by atoms with Crippen LogP contribution in [0.1, 0.15) is 13.8 Å². The maximum absolute atomic E-state index is 11.3. The monoisotopic (exact) mass is 201 g/mol. The highest BCUT2D eigenvalue weighted by atomic mass is 35.5. The van der Waals surface area contributed by atoms with E-state index in [-0.39, 0.29) is 5.76 Å². The Morgan fingerprint density at radius 1 is 1.46 bits per heavy atom. The van der Waals surface area contributed by atoms with Crippen LogP contribution in [0.15, 0.2) is 9.21 Å². The fraction of sp³-hybridized carbons (Fsp3) is 0.444. The van der Waals surface area contributed by atoms with Gasteiger partial charge in [0.1, 0.15) is 0 Å². The van der Waals surface area contributed by atoms with Crippen LogP contribution in [0.4, 0.5) is 0 Å². The first-order chi connectivity index (χ1) is 6.24. The molecule has 0 unspecified atom stereocenters. The molecule has 1 aromatic heterocycles. The summed E-state index contributed by atoms with van der Waals surface area (Å²) in [5.41, 5.74) is 0.609. The fourth-order valence-electron chi connectivity index (χ4n) is 1.23. The average Bonchev–Trinajstić information content (AvgIpc) is 2.44. The fourth-order valence-corrected chi connectivity index (χ4v) is 1.40. The van der Waals surface area contributed by atoms with Crippen molar-refractivity contribution in [2.24, 2.45) is 0 Å². The van der Waals surface area contributed by atoms with Crippen molar-refractivity contribution in [1.82, 2.24) is 4.57 Å². The molecule has 0 atom stereocenters. The Morgan fingerprint density at radius 2 is 2.15 bits per heavy atom. The van der Waals surface area contributed by atoms with Crippen molar-refractivity contribution >= 4 is 23.8 Å². The van der Waals surface area contributed by atoms with E-state index in [2.05, 4.69) is 0 Å². The van der Waals surface area contributed by atoms with Crippen LogP contribution in [-0.2, 0) is 6.54 Å². The van der Waals surface area contributed by atoms with Crippen LogP contribution in [0.2, 0.25) is 0 Å². The van der Waals surface area contributed by atoms with Crippen LogP contribution in [0.5, 0.6) is 0 Å². The van der Waals surface area contributed by atoms with Crippen molar-refractivity contribution in [2.45, 2.75) is 20.4 Å². The Labute approximate surface area is 80.9 Å². The lowest BCUT2D eigenvalue weighted by Crippen LogP contribution is -2.32. The van der Waals surface area contributed by atoms with Crippen molar-refractivity contribution < 1.29 is 4.42 Å². The summed E-state index contributed by atoms with van der Waals surface area (Å²) in [5, 5.41) is 0.799. The highest BCUT2D eigenvalue weighted by Crippen LogP contribution is 1.77. The number of hydrogen-bond acceptors (Lipinski definition) is 2. The molecule has 0 spiro atoms. The Hall–Kier alpha value is -0.960. The van der Waals surface area contributed by atoms with Crippen molar-refractivity contribution in [1.29, 1.82) is 0 Å². The molecule has 0 aliphatic carbocycles. The summed E-state index contributed by atoms with van der Waals surface area (Å²) in [4.78, 5) is 11.3. The predicted octanol–water partition coefficient (Wildman–Crippen LogP) is 0.281. The molecule has 3 nitrogen and oxygen atoms in total. The van der Waals surface area contributed by atoms with Crippen molar-refractivity contribution in [3.05, 3.63) is 21.3 Å². The molecule has 0 aliphatic heterocycles. The average molecular weight is 202 g/mol. The van der Waals surface area contributed by atoms with Gasteiger partial charge in [0.05, 0.1) is 5.35 Å². The largest absolute Gasteiger partial charge is 0.419 e. The standard InChI is InChI=1S/C9H12ClNO2/c1-3-7-8(4-2)13-9(12)11(7)6-5-10/h3-4H,5-6H2,1-2H3/b7-3+,8-4+. The summed E-state index contributed by atoms with van der Waals surface area (Å²) in [5.74, 6) is 0.0607. The van der Waals surface area contributed by atoms with Gasteiger partial charge in [-0.25, -0.2) is 4.79 Å². The molecule has 0 saturated carbocycles. The maximum Gasteiger partial charge on any atom is 0.419 e. The van der Waals surface area contributed by atoms with E-state index in [0.29, 0.717) is 17.8 Å². The molecule has 0 N–H and O–H groups in total. The van der Waals surface area contributed by atoms with E-state index in [1.807, 2.05) is 19.9 Å². The van der Waals surface area contributed by atoms with E-state index in [0.717, 1.165) is 5.35 Å². The van der Waals surface area contributed by atoms with Crippen LogP contribution in [0.25, 0.3) is 12.2 Å². The van der Waals surface area contributed by atoms with Crippen LogP contribution in [0, 0.1) is 0 Å². The Morgan fingerprint density at radius 3 is 2.62 bits per heavy atom. The lowest BCUT2D eigenvalue weighted by Gasteiger charge is -1.93. The lowest BCUT2D eigenvalue weighted by atomic mass is 10.4. The number of rotatable bonds is 2. The van der Waals surface area contributed by atoms with Gasteiger partial charge in [0, 0.05) is 12.4 Å². The first kappa shape index (κ1) is 10.1. The molecule has 1 rings (SSSR count). The van der Waals surface area contributed by atoms with E-state index in [4.69, 9.17) is 16.0 Å². The molecule has 1 heterocycles. The SMILES string of the molecule is C/C=c1/oc(=O)n(CCCl)/c1=C/C. The van der Waals surface area contributed by atoms with Gasteiger partial charge in [-0.05, 0) is 19.9 Å². The van der Waals surface area contributed by atoms with Gasteiger partial charge in [0.25, 0.3) is 0 Å². The molecule has 0 radical (unpaired) electrons. The molecule has 1 aromatic rings. The lowest BCUT2D eigenvalue weighted by molar-refractivity contribution is 0.462. The van der Waals surface area contributed by atoms with E-state index < -0.39 is 0 Å². The van der Waals surface area contributed by atoms with E-state index in [1.54, 1.807) is 6.08 Å². The van der Waals surface area contributed by atoms with Crippen LogP contribution < -0.4 is 16.5 Å². The van der Waals surface area contributed by atoms with Crippen molar-refractivity contribution in [3.8, 4) is 0 Å². The zero-order valence-corrected chi connectivity index (χ0v) is 8.47. The van der Waals surface area contributed by atoms with Crippen LogP contribution >= 0.6 is 11.6 Å². The first-order valence-corrected chi connectivity index (χ1v) is 4.66. The molecule has 0 aliphatic rings. The maximum atomic E-state index is 11.3. The zero-order chi connectivity index (χ0) is 9.84. The quantitative estimate of drug-likeness (QED) is 0.645. The molecule has 0 amide bonds. The normalized spacial score (nSPS) is 14.1. The van der Waals surface area contributed by atoms with Crippen LogP contribution in [-0.4, -0.2) is 10.4 Å². The number of halogens is 1. The minimum absolute atomic E-state index is 0.346. The van der Waals surface area contributed by atoms with Gasteiger partial charge in [0.2, 0.25) is 0 Å².